The highest BCUT2D eigenvalue weighted by Gasteiger charge is 2.06. The maximum Gasteiger partial charge on any atom is 0.314 e. The number of urea groups is 1. The summed E-state index contributed by atoms with van der Waals surface area (Å²) >= 11 is 0. The van der Waals surface area contributed by atoms with Gasteiger partial charge in [-0.1, -0.05) is 12.1 Å². The summed E-state index contributed by atoms with van der Waals surface area (Å²) in [6.45, 7) is 3.67. The van der Waals surface area contributed by atoms with Gasteiger partial charge in [-0.05, 0) is 31.9 Å². The van der Waals surface area contributed by atoms with E-state index in [-0.39, 0.29) is 12.5 Å². The van der Waals surface area contributed by atoms with Gasteiger partial charge in [0.25, 0.3) is 0 Å². The second-order valence-electron chi connectivity index (χ2n) is 5.33. The number of aryl methyl sites for hydroxylation is 2. The Kier molecular flexibility index (Phi) is 5.96. The molecule has 3 N–H and O–H groups in total. The Labute approximate surface area is 134 Å². The minimum Gasteiger partial charge on any atom is -0.481 e. The van der Waals surface area contributed by atoms with Crippen molar-refractivity contribution in [2.75, 3.05) is 13.1 Å². The van der Waals surface area contributed by atoms with E-state index in [2.05, 4.69) is 20.2 Å². The molecule has 0 radical (unpaired) electrons. The monoisotopic (exact) mass is 318 g/mol. The van der Waals surface area contributed by atoms with Gasteiger partial charge >= 0.3 is 12.0 Å². The van der Waals surface area contributed by atoms with Crippen molar-refractivity contribution in [3.63, 3.8) is 0 Å². The number of carbonyl (C=O) groups excluding carboxylic acids is 1. The van der Waals surface area contributed by atoms with Crippen LogP contribution in [0.3, 0.4) is 0 Å². The Morgan fingerprint density at radius 3 is 2.61 bits per heavy atom. The van der Waals surface area contributed by atoms with Crippen molar-refractivity contribution in [1.29, 1.82) is 0 Å². The zero-order chi connectivity index (χ0) is 16.7. The first kappa shape index (κ1) is 16.8. The molecule has 7 heteroatoms. The number of para-hydroxylation sites is 2. The Hall–Kier alpha value is -2.57. The topological polar surface area (TPSA) is 96.3 Å². The molecule has 0 saturated heterocycles. The molecule has 0 saturated carbocycles. The second kappa shape index (κ2) is 8.17. The highest BCUT2D eigenvalue weighted by molar-refractivity contribution is 5.76. The lowest BCUT2D eigenvalue weighted by Crippen LogP contribution is -2.36. The van der Waals surface area contributed by atoms with Gasteiger partial charge in [-0.15, -0.1) is 0 Å². The molecular formula is C16H22N4O3. The Morgan fingerprint density at radius 2 is 1.87 bits per heavy atom. The number of benzene rings is 1. The van der Waals surface area contributed by atoms with E-state index in [9.17, 15) is 9.59 Å². The maximum atomic E-state index is 11.5. The van der Waals surface area contributed by atoms with Crippen LogP contribution in [0.1, 0.15) is 25.1 Å². The largest absolute Gasteiger partial charge is 0.481 e. The van der Waals surface area contributed by atoms with Crippen molar-refractivity contribution < 1.29 is 14.7 Å². The summed E-state index contributed by atoms with van der Waals surface area (Å²) in [4.78, 5) is 26.4. The summed E-state index contributed by atoms with van der Waals surface area (Å²) in [7, 11) is 0. The number of hydrogen-bond acceptors (Lipinski definition) is 3. The van der Waals surface area contributed by atoms with Gasteiger partial charge in [0, 0.05) is 26.1 Å². The van der Waals surface area contributed by atoms with Crippen molar-refractivity contribution in [2.45, 2.75) is 32.7 Å². The molecule has 0 unspecified atom stereocenters. The number of nitrogens with one attached hydrogen (secondary N) is 2. The fourth-order valence-electron chi connectivity index (χ4n) is 2.42. The van der Waals surface area contributed by atoms with E-state index in [1.54, 1.807) is 0 Å². The van der Waals surface area contributed by atoms with Crippen LogP contribution in [-0.2, 0) is 11.3 Å². The molecule has 0 bridgehead atoms. The van der Waals surface area contributed by atoms with Crippen LogP contribution in [0.15, 0.2) is 24.3 Å². The summed E-state index contributed by atoms with van der Waals surface area (Å²) in [6.07, 6.45) is 1.29. The first-order valence-electron chi connectivity index (χ1n) is 7.73. The quantitative estimate of drug-likeness (QED) is 0.648. The van der Waals surface area contributed by atoms with Crippen molar-refractivity contribution in [1.82, 2.24) is 20.2 Å². The molecule has 0 spiro atoms. The highest BCUT2D eigenvalue weighted by atomic mass is 16.4. The van der Waals surface area contributed by atoms with Crippen molar-refractivity contribution >= 4 is 23.0 Å². The van der Waals surface area contributed by atoms with Gasteiger partial charge in [0.05, 0.1) is 11.0 Å². The molecule has 7 nitrogen and oxygen atoms in total. The fraction of sp³-hybridized carbons (Fsp3) is 0.438. The average molecular weight is 318 g/mol. The van der Waals surface area contributed by atoms with Gasteiger partial charge in [0.15, 0.2) is 0 Å². The summed E-state index contributed by atoms with van der Waals surface area (Å²) in [6, 6.07) is 7.72. The lowest BCUT2D eigenvalue weighted by atomic mass is 10.3. The molecule has 2 amide bonds. The minimum atomic E-state index is -0.852. The SMILES string of the molecule is Cc1nc2ccccc2n1CCCNC(=O)NCCCC(=O)O. The zero-order valence-corrected chi connectivity index (χ0v) is 13.2. The van der Waals surface area contributed by atoms with Crippen molar-refractivity contribution in [2.24, 2.45) is 0 Å². The number of carbonyl (C=O) groups is 2. The van der Waals surface area contributed by atoms with Gasteiger partial charge in [-0.2, -0.15) is 0 Å². The third-order valence-electron chi connectivity index (χ3n) is 3.54. The fourth-order valence-corrected chi connectivity index (χ4v) is 2.42. The number of carboxylic acid groups (broad SMARTS) is 1. The van der Waals surface area contributed by atoms with E-state index >= 15 is 0 Å². The predicted octanol–water partition coefficient (Wildman–Crippen LogP) is 1.90. The third-order valence-corrected chi connectivity index (χ3v) is 3.54. The van der Waals surface area contributed by atoms with Gasteiger partial charge < -0.3 is 20.3 Å². The molecule has 1 aromatic carbocycles. The maximum absolute atomic E-state index is 11.5. The number of carboxylic acids is 1. The number of rotatable bonds is 8. The zero-order valence-electron chi connectivity index (χ0n) is 13.2. The summed E-state index contributed by atoms with van der Waals surface area (Å²) in [5.74, 6) is 0.111. The van der Waals surface area contributed by atoms with Crippen molar-refractivity contribution in [3.8, 4) is 0 Å². The normalized spacial score (nSPS) is 10.7. The molecule has 2 aromatic rings. The third kappa shape index (κ3) is 4.98. The first-order valence-corrected chi connectivity index (χ1v) is 7.73. The Bertz CT molecular complexity index is 681. The van der Waals surface area contributed by atoms with E-state index in [1.165, 1.54) is 0 Å². The number of aromatic nitrogens is 2. The lowest BCUT2D eigenvalue weighted by molar-refractivity contribution is -0.137. The van der Waals surface area contributed by atoms with E-state index in [1.807, 2.05) is 31.2 Å². The lowest BCUT2D eigenvalue weighted by Gasteiger charge is -2.09. The van der Waals surface area contributed by atoms with Gasteiger partial charge in [-0.25, -0.2) is 9.78 Å². The van der Waals surface area contributed by atoms with Crippen LogP contribution in [0.5, 0.6) is 0 Å². The highest BCUT2D eigenvalue weighted by Crippen LogP contribution is 2.15. The second-order valence-corrected chi connectivity index (χ2v) is 5.33. The van der Waals surface area contributed by atoms with E-state index in [4.69, 9.17) is 5.11 Å². The molecule has 0 aliphatic carbocycles. The average Bonchev–Trinajstić information content (AvgIpc) is 2.83. The van der Waals surface area contributed by atoms with Crippen LogP contribution in [0.2, 0.25) is 0 Å². The molecule has 124 valence electrons. The standard InChI is InChI=1S/C16H22N4O3/c1-12-19-13-6-2-3-7-14(13)20(12)11-5-10-18-16(23)17-9-4-8-15(21)22/h2-3,6-7H,4-5,8-11H2,1H3,(H,21,22)(H2,17,18,23). The van der Waals surface area contributed by atoms with Crippen LogP contribution in [0.25, 0.3) is 11.0 Å². The van der Waals surface area contributed by atoms with Gasteiger partial charge in [0.2, 0.25) is 0 Å². The van der Waals surface area contributed by atoms with E-state index < -0.39 is 5.97 Å². The Morgan fingerprint density at radius 1 is 1.17 bits per heavy atom. The van der Waals surface area contributed by atoms with E-state index in [0.717, 1.165) is 29.8 Å². The Balaban J connectivity index is 1.69. The molecule has 0 aliphatic heterocycles. The number of aliphatic carboxylic acids is 1. The number of nitrogens with zero attached hydrogens (tertiary/aromatic N) is 2. The predicted molar refractivity (Wildman–Crippen MR) is 87.4 cm³/mol. The molecular weight excluding hydrogens is 296 g/mol. The van der Waals surface area contributed by atoms with Gasteiger partial charge in [-0.3, -0.25) is 4.79 Å². The molecule has 1 heterocycles. The van der Waals surface area contributed by atoms with Gasteiger partial charge in [0.1, 0.15) is 5.82 Å². The van der Waals surface area contributed by atoms with Crippen LogP contribution in [-0.4, -0.2) is 39.7 Å². The molecule has 2 rings (SSSR count). The van der Waals surface area contributed by atoms with Crippen LogP contribution in [0, 0.1) is 6.92 Å². The smallest absolute Gasteiger partial charge is 0.314 e. The van der Waals surface area contributed by atoms with Crippen LogP contribution >= 0.6 is 0 Å². The van der Waals surface area contributed by atoms with Crippen molar-refractivity contribution in [3.05, 3.63) is 30.1 Å². The molecule has 0 atom stereocenters. The summed E-state index contributed by atoms with van der Waals surface area (Å²) in [5.41, 5.74) is 2.08. The van der Waals surface area contributed by atoms with E-state index in [0.29, 0.717) is 19.5 Å². The molecule has 0 fully saturated rings. The summed E-state index contributed by atoms with van der Waals surface area (Å²) in [5, 5.41) is 13.9. The molecule has 23 heavy (non-hydrogen) atoms. The minimum absolute atomic E-state index is 0.0628. The number of hydrogen-bond donors (Lipinski definition) is 3. The summed E-state index contributed by atoms with van der Waals surface area (Å²) < 4.78 is 2.14. The number of fused-ring (bicyclic) bond motifs is 1. The van der Waals surface area contributed by atoms with Crippen LogP contribution < -0.4 is 10.6 Å². The number of amides is 2. The molecule has 1 aromatic heterocycles. The number of imidazole rings is 1. The first-order chi connectivity index (χ1) is 11.1. The molecule has 0 aliphatic rings. The van der Waals surface area contributed by atoms with Crippen LogP contribution in [0.4, 0.5) is 4.79 Å².